The van der Waals surface area contributed by atoms with E-state index in [0.29, 0.717) is 17.5 Å². The minimum Gasteiger partial charge on any atom is -0.307 e. The molecule has 1 aliphatic rings. The summed E-state index contributed by atoms with van der Waals surface area (Å²) in [5.41, 5.74) is 1.82. The fraction of sp³-hybridized carbons (Fsp3) is 0.500. The van der Waals surface area contributed by atoms with Crippen molar-refractivity contribution >= 4 is 10.8 Å². The van der Waals surface area contributed by atoms with Crippen LogP contribution >= 0.6 is 0 Å². The molecule has 2 aromatic rings. The Labute approximate surface area is 128 Å². The van der Waals surface area contributed by atoms with E-state index in [1.165, 1.54) is 42.0 Å². The van der Waals surface area contributed by atoms with Crippen LogP contribution in [0.1, 0.15) is 58.1 Å². The maximum absolute atomic E-state index is 3.89. The molecule has 112 valence electrons. The molecule has 2 atom stereocenters. The Morgan fingerprint density at radius 1 is 1.05 bits per heavy atom. The minimum atomic E-state index is 0.414. The predicted octanol–water partition coefficient (Wildman–Crippen LogP) is 5.46. The molecule has 0 saturated heterocycles. The van der Waals surface area contributed by atoms with E-state index in [1.807, 2.05) is 0 Å². The van der Waals surface area contributed by atoms with Crippen LogP contribution in [0.5, 0.6) is 0 Å². The Morgan fingerprint density at radius 3 is 2.57 bits per heavy atom. The molecule has 3 rings (SSSR count). The van der Waals surface area contributed by atoms with E-state index in [9.17, 15) is 0 Å². The third-order valence-corrected chi connectivity index (χ3v) is 5.23. The lowest BCUT2D eigenvalue weighted by atomic mass is 9.73. The summed E-state index contributed by atoms with van der Waals surface area (Å²) in [6.07, 6.45) is 5.40. The molecule has 1 nitrogen and oxygen atoms in total. The molecule has 2 aromatic carbocycles. The molecule has 1 N–H and O–H groups in total. The van der Waals surface area contributed by atoms with Crippen LogP contribution in [0.25, 0.3) is 10.8 Å². The largest absolute Gasteiger partial charge is 0.307 e. The number of hydrogen-bond acceptors (Lipinski definition) is 1. The molecular weight excluding hydrogens is 254 g/mol. The SMILES string of the molecule is CC(NC1CCCCC1(C)C)c1ccc2ccccc2c1. The highest BCUT2D eigenvalue weighted by Gasteiger charge is 2.32. The van der Waals surface area contributed by atoms with Crippen molar-refractivity contribution in [3.8, 4) is 0 Å². The van der Waals surface area contributed by atoms with Gasteiger partial charge in [-0.2, -0.15) is 0 Å². The number of nitrogens with one attached hydrogen (secondary N) is 1. The second-order valence-electron chi connectivity index (χ2n) is 7.28. The van der Waals surface area contributed by atoms with Crippen molar-refractivity contribution in [3.05, 3.63) is 48.0 Å². The summed E-state index contributed by atoms with van der Waals surface area (Å²) in [7, 11) is 0. The molecule has 0 amide bonds. The van der Waals surface area contributed by atoms with Crippen molar-refractivity contribution in [2.75, 3.05) is 0 Å². The fourth-order valence-corrected chi connectivity index (χ4v) is 3.68. The van der Waals surface area contributed by atoms with E-state index in [1.54, 1.807) is 0 Å². The summed E-state index contributed by atoms with van der Waals surface area (Å²) >= 11 is 0. The summed E-state index contributed by atoms with van der Waals surface area (Å²) in [5, 5.41) is 6.55. The molecule has 0 aliphatic heterocycles. The van der Waals surface area contributed by atoms with Gasteiger partial charge in [0, 0.05) is 12.1 Å². The average Bonchev–Trinajstić information content (AvgIpc) is 2.48. The number of rotatable bonds is 3. The zero-order valence-corrected chi connectivity index (χ0v) is 13.5. The number of fused-ring (bicyclic) bond motifs is 1. The average molecular weight is 281 g/mol. The quantitative estimate of drug-likeness (QED) is 0.787. The van der Waals surface area contributed by atoms with Gasteiger partial charge in [0.2, 0.25) is 0 Å². The molecule has 1 saturated carbocycles. The van der Waals surface area contributed by atoms with Gasteiger partial charge < -0.3 is 5.32 Å². The smallest absolute Gasteiger partial charge is 0.0294 e. The topological polar surface area (TPSA) is 12.0 Å². The summed E-state index contributed by atoms with van der Waals surface area (Å²) in [6, 6.07) is 16.5. The highest BCUT2D eigenvalue weighted by molar-refractivity contribution is 5.83. The summed E-state index contributed by atoms with van der Waals surface area (Å²) in [4.78, 5) is 0. The van der Waals surface area contributed by atoms with Gasteiger partial charge in [-0.3, -0.25) is 0 Å². The summed E-state index contributed by atoms with van der Waals surface area (Å²) in [5.74, 6) is 0. The standard InChI is InChI=1S/C20H27N/c1-15(21-19-10-6-7-13-20(19,2)3)17-12-11-16-8-4-5-9-18(16)14-17/h4-5,8-9,11-12,14-15,19,21H,6-7,10,13H2,1-3H3. The van der Waals surface area contributed by atoms with Crippen LogP contribution in [0.15, 0.2) is 42.5 Å². The van der Waals surface area contributed by atoms with E-state index >= 15 is 0 Å². The van der Waals surface area contributed by atoms with Crippen molar-refractivity contribution in [1.82, 2.24) is 5.32 Å². The van der Waals surface area contributed by atoms with Gasteiger partial charge in [-0.05, 0) is 47.6 Å². The first-order chi connectivity index (χ1) is 10.1. The lowest BCUT2D eigenvalue weighted by Crippen LogP contribution is -2.45. The van der Waals surface area contributed by atoms with Crippen LogP contribution in [0, 0.1) is 5.41 Å². The molecule has 0 heterocycles. The lowest BCUT2D eigenvalue weighted by Gasteiger charge is -2.41. The predicted molar refractivity (Wildman–Crippen MR) is 91.5 cm³/mol. The fourth-order valence-electron chi connectivity index (χ4n) is 3.68. The maximum atomic E-state index is 3.89. The van der Waals surface area contributed by atoms with Crippen molar-refractivity contribution in [3.63, 3.8) is 0 Å². The third-order valence-electron chi connectivity index (χ3n) is 5.23. The van der Waals surface area contributed by atoms with Crippen LogP contribution in [-0.2, 0) is 0 Å². The summed E-state index contributed by atoms with van der Waals surface area (Å²) in [6.45, 7) is 7.13. The number of benzene rings is 2. The molecule has 1 aliphatic carbocycles. The van der Waals surface area contributed by atoms with Gasteiger partial charge in [-0.15, -0.1) is 0 Å². The van der Waals surface area contributed by atoms with Crippen molar-refractivity contribution < 1.29 is 0 Å². The third kappa shape index (κ3) is 3.13. The van der Waals surface area contributed by atoms with Crippen LogP contribution in [0.2, 0.25) is 0 Å². The molecule has 0 radical (unpaired) electrons. The van der Waals surface area contributed by atoms with Crippen LogP contribution in [-0.4, -0.2) is 6.04 Å². The van der Waals surface area contributed by atoms with Gasteiger partial charge in [0.25, 0.3) is 0 Å². The van der Waals surface area contributed by atoms with E-state index in [-0.39, 0.29) is 0 Å². The number of hydrogen-bond donors (Lipinski definition) is 1. The van der Waals surface area contributed by atoms with Crippen LogP contribution in [0.4, 0.5) is 0 Å². The maximum Gasteiger partial charge on any atom is 0.0294 e. The highest BCUT2D eigenvalue weighted by Crippen LogP contribution is 2.36. The van der Waals surface area contributed by atoms with E-state index < -0.39 is 0 Å². The van der Waals surface area contributed by atoms with Gasteiger partial charge in [-0.1, -0.05) is 63.1 Å². The molecule has 21 heavy (non-hydrogen) atoms. The first-order valence-corrected chi connectivity index (χ1v) is 8.31. The minimum absolute atomic E-state index is 0.414. The van der Waals surface area contributed by atoms with E-state index in [0.717, 1.165) is 0 Å². The Kier molecular flexibility index (Phi) is 4.03. The first kappa shape index (κ1) is 14.6. The zero-order chi connectivity index (χ0) is 14.9. The van der Waals surface area contributed by atoms with Crippen LogP contribution < -0.4 is 5.32 Å². The zero-order valence-electron chi connectivity index (χ0n) is 13.5. The Bertz CT molecular complexity index is 614. The van der Waals surface area contributed by atoms with Crippen molar-refractivity contribution in [1.29, 1.82) is 0 Å². The van der Waals surface area contributed by atoms with Gasteiger partial charge in [0.15, 0.2) is 0 Å². The van der Waals surface area contributed by atoms with Gasteiger partial charge in [0.1, 0.15) is 0 Å². The monoisotopic (exact) mass is 281 g/mol. The Morgan fingerprint density at radius 2 is 1.81 bits per heavy atom. The Balaban J connectivity index is 1.78. The second kappa shape index (κ2) is 5.81. The molecular formula is C20H27N. The van der Waals surface area contributed by atoms with E-state index in [4.69, 9.17) is 0 Å². The molecule has 0 spiro atoms. The molecule has 1 heteroatoms. The molecule has 0 aromatic heterocycles. The normalized spacial score (nSPS) is 23.1. The molecule has 1 fully saturated rings. The molecule has 2 unspecified atom stereocenters. The van der Waals surface area contributed by atoms with Gasteiger partial charge in [-0.25, -0.2) is 0 Å². The van der Waals surface area contributed by atoms with Gasteiger partial charge in [0.05, 0.1) is 0 Å². The van der Waals surface area contributed by atoms with Crippen molar-refractivity contribution in [2.45, 2.75) is 58.5 Å². The van der Waals surface area contributed by atoms with Crippen LogP contribution in [0.3, 0.4) is 0 Å². The second-order valence-corrected chi connectivity index (χ2v) is 7.28. The lowest BCUT2D eigenvalue weighted by molar-refractivity contribution is 0.157. The summed E-state index contributed by atoms with van der Waals surface area (Å²) < 4.78 is 0. The van der Waals surface area contributed by atoms with E-state index in [2.05, 4.69) is 68.6 Å². The van der Waals surface area contributed by atoms with Gasteiger partial charge >= 0.3 is 0 Å². The Hall–Kier alpha value is -1.34. The molecule has 0 bridgehead atoms. The highest BCUT2D eigenvalue weighted by atomic mass is 15.0. The first-order valence-electron chi connectivity index (χ1n) is 8.31. The van der Waals surface area contributed by atoms with Crippen molar-refractivity contribution in [2.24, 2.45) is 5.41 Å².